The Kier molecular flexibility index (Phi) is 5.44. The number of para-hydroxylation sites is 1. The van der Waals surface area contributed by atoms with E-state index in [1.807, 2.05) is 24.3 Å². The highest BCUT2D eigenvalue weighted by molar-refractivity contribution is 5.63. The molecule has 3 aromatic rings. The van der Waals surface area contributed by atoms with Crippen LogP contribution in [0.15, 0.2) is 53.1 Å². The maximum atomic E-state index is 5.56. The lowest BCUT2D eigenvalue weighted by Crippen LogP contribution is -2.25. The van der Waals surface area contributed by atoms with Gasteiger partial charge < -0.3 is 9.26 Å². The van der Waals surface area contributed by atoms with Crippen LogP contribution in [0.2, 0.25) is 0 Å². The number of methoxy groups -OCH3 is 1. The van der Waals surface area contributed by atoms with E-state index in [-0.39, 0.29) is 0 Å². The number of hydrogen-bond acceptors (Lipinski definition) is 5. The zero-order chi connectivity index (χ0) is 19.5. The first-order valence-corrected chi connectivity index (χ1v) is 9.93. The predicted molar refractivity (Wildman–Crippen MR) is 109 cm³/mol. The molecule has 146 valence electrons. The average Bonchev–Trinajstić information content (AvgIpc) is 3.47. The van der Waals surface area contributed by atoms with Crippen LogP contribution in [0.25, 0.3) is 11.4 Å². The Morgan fingerprint density at radius 2 is 1.82 bits per heavy atom. The smallest absolute Gasteiger partial charge is 0.241 e. The lowest BCUT2D eigenvalue weighted by Gasteiger charge is -2.20. The molecule has 1 heterocycles. The second-order valence-corrected chi connectivity index (χ2v) is 7.74. The van der Waals surface area contributed by atoms with E-state index in [4.69, 9.17) is 9.26 Å². The van der Waals surface area contributed by atoms with Crippen LogP contribution in [0.1, 0.15) is 49.6 Å². The molecule has 0 bridgehead atoms. The number of hydrogen-bond donors (Lipinski definition) is 0. The normalized spacial score (nSPS) is 14.0. The third-order valence-corrected chi connectivity index (χ3v) is 5.25. The third kappa shape index (κ3) is 4.25. The predicted octanol–water partition coefficient (Wildman–Crippen LogP) is 5.03. The summed E-state index contributed by atoms with van der Waals surface area (Å²) in [6.07, 6.45) is 2.47. The van der Waals surface area contributed by atoms with Crippen molar-refractivity contribution in [3.63, 3.8) is 0 Å². The minimum Gasteiger partial charge on any atom is -0.496 e. The van der Waals surface area contributed by atoms with Gasteiger partial charge in [-0.25, -0.2) is 0 Å². The van der Waals surface area contributed by atoms with Crippen molar-refractivity contribution in [3.8, 4) is 17.1 Å². The average molecular weight is 377 g/mol. The molecule has 1 aliphatic carbocycles. The largest absolute Gasteiger partial charge is 0.496 e. The van der Waals surface area contributed by atoms with Crippen LogP contribution >= 0.6 is 0 Å². The minimum absolute atomic E-state index is 0.556. The van der Waals surface area contributed by atoms with Crippen molar-refractivity contribution in [1.82, 2.24) is 15.0 Å². The number of aromatic nitrogens is 2. The highest BCUT2D eigenvalue weighted by Crippen LogP contribution is 2.31. The molecule has 5 heteroatoms. The molecule has 1 aliphatic rings. The summed E-state index contributed by atoms with van der Waals surface area (Å²) in [5.41, 5.74) is 3.54. The van der Waals surface area contributed by atoms with E-state index in [1.165, 1.54) is 24.0 Å². The Hall–Kier alpha value is -2.66. The van der Waals surface area contributed by atoms with Crippen LogP contribution in [0.3, 0.4) is 0 Å². The van der Waals surface area contributed by atoms with Crippen LogP contribution in [0.5, 0.6) is 5.75 Å². The van der Waals surface area contributed by atoms with Gasteiger partial charge in [0.15, 0.2) is 0 Å². The summed E-state index contributed by atoms with van der Waals surface area (Å²) < 4.78 is 11.0. The van der Waals surface area contributed by atoms with Crippen molar-refractivity contribution in [1.29, 1.82) is 0 Å². The second-order valence-electron chi connectivity index (χ2n) is 7.74. The monoisotopic (exact) mass is 377 g/mol. The van der Waals surface area contributed by atoms with E-state index in [9.17, 15) is 0 Å². The molecular formula is C23H27N3O2. The lowest BCUT2D eigenvalue weighted by atomic mass is 10.0. The second kappa shape index (κ2) is 8.15. The van der Waals surface area contributed by atoms with Gasteiger partial charge in [0.2, 0.25) is 11.7 Å². The minimum atomic E-state index is 0.556. The molecule has 2 aromatic carbocycles. The van der Waals surface area contributed by atoms with Gasteiger partial charge in [-0.2, -0.15) is 4.98 Å². The molecule has 5 nitrogen and oxygen atoms in total. The van der Waals surface area contributed by atoms with E-state index >= 15 is 0 Å². The van der Waals surface area contributed by atoms with Gasteiger partial charge in [-0.3, -0.25) is 4.90 Å². The van der Waals surface area contributed by atoms with Crippen molar-refractivity contribution in [2.45, 2.75) is 51.7 Å². The van der Waals surface area contributed by atoms with Crippen molar-refractivity contribution < 1.29 is 9.26 Å². The van der Waals surface area contributed by atoms with E-state index < -0.39 is 0 Å². The summed E-state index contributed by atoms with van der Waals surface area (Å²) in [6, 6.07) is 17.3. The first kappa shape index (κ1) is 18.7. The van der Waals surface area contributed by atoms with Crippen LogP contribution in [-0.2, 0) is 13.1 Å². The van der Waals surface area contributed by atoms with Gasteiger partial charge in [-0.15, -0.1) is 0 Å². The zero-order valence-corrected chi connectivity index (χ0v) is 16.8. The van der Waals surface area contributed by atoms with Gasteiger partial charge in [-0.1, -0.05) is 55.4 Å². The fraction of sp³-hybridized carbons (Fsp3) is 0.391. The number of benzene rings is 2. The van der Waals surface area contributed by atoms with Gasteiger partial charge in [0.05, 0.1) is 19.2 Å². The first-order chi connectivity index (χ1) is 13.6. The van der Waals surface area contributed by atoms with Gasteiger partial charge in [0.25, 0.3) is 0 Å². The van der Waals surface area contributed by atoms with Gasteiger partial charge in [0, 0.05) is 12.6 Å². The molecule has 0 saturated heterocycles. The maximum absolute atomic E-state index is 5.56. The fourth-order valence-corrected chi connectivity index (χ4v) is 3.43. The van der Waals surface area contributed by atoms with Gasteiger partial charge in [0.1, 0.15) is 5.75 Å². The fourth-order valence-electron chi connectivity index (χ4n) is 3.43. The Labute approximate surface area is 166 Å². The van der Waals surface area contributed by atoms with Gasteiger partial charge in [-0.05, 0) is 42.0 Å². The molecule has 28 heavy (non-hydrogen) atoms. The van der Waals surface area contributed by atoms with Crippen molar-refractivity contribution >= 4 is 0 Å². The molecule has 1 saturated carbocycles. The summed E-state index contributed by atoms with van der Waals surface area (Å²) in [6.45, 7) is 6.01. The third-order valence-electron chi connectivity index (χ3n) is 5.25. The first-order valence-electron chi connectivity index (χ1n) is 9.93. The maximum Gasteiger partial charge on any atom is 0.241 e. The number of rotatable bonds is 8. The van der Waals surface area contributed by atoms with Gasteiger partial charge >= 0.3 is 0 Å². The van der Waals surface area contributed by atoms with Crippen LogP contribution in [0.4, 0.5) is 0 Å². The summed E-state index contributed by atoms with van der Waals surface area (Å²) in [7, 11) is 1.65. The van der Waals surface area contributed by atoms with Crippen LogP contribution in [-0.4, -0.2) is 28.2 Å². The highest BCUT2D eigenvalue weighted by atomic mass is 16.5. The molecule has 0 spiro atoms. The van der Waals surface area contributed by atoms with Crippen LogP contribution in [0, 0.1) is 0 Å². The highest BCUT2D eigenvalue weighted by Gasteiger charge is 2.30. The molecule has 0 aliphatic heterocycles. The molecule has 0 atom stereocenters. The van der Waals surface area contributed by atoms with Crippen molar-refractivity contribution in [2.24, 2.45) is 0 Å². The molecular weight excluding hydrogens is 350 g/mol. The Bertz CT molecular complexity index is 914. The van der Waals surface area contributed by atoms with E-state index in [0.717, 1.165) is 17.9 Å². The molecule has 0 N–H and O–H groups in total. The number of nitrogens with zero attached hydrogens (tertiary/aromatic N) is 3. The zero-order valence-electron chi connectivity index (χ0n) is 16.8. The topological polar surface area (TPSA) is 51.4 Å². The summed E-state index contributed by atoms with van der Waals surface area (Å²) in [5, 5.41) is 4.17. The summed E-state index contributed by atoms with van der Waals surface area (Å²) in [5.74, 6) is 2.52. The number of ether oxygens (including phenoxy) is 1. The van der Waals surface area contributed by atoms with Crippen molar-refractivity contribution in [2.75, 3.05) is 7.11 Å². The van der Waals surface area contributed by atoms with E-state index in [0.29, 0.717) is 30.2 Å². The quantitative estimate of drug-likeness (QED) is 0.551. The molecule has 0 unspecified atom stereocenters. The Morgan fingerprint density at radius 3 is 2.50 bits per heavy atom. The van der Waals surface area contributed by atoms with E-state index in [1.54, 1.807) is 7.11 Å². The standard InChI is InChI=1S/C23H27N3O2/c1-16(2)18-10-8-17(9-11-18)14-26(19-12-13-19)15-22-24-23(25-28-22)20-6-4-5-7-21(20)27-3/h4-11,16,19H,12-15H2,1-3H3. The SMILES string of the molecule is COc1ccccc1-c1noc(CN(Cc2ccc(C(C)C)cc2)C2CC2)n1. The molecule has 4 rings (SSSR count). The Morgan fingerprint density at radius 1 is 1.07 bits per heavy atom. The molecule has 1 aromatic heterocycles. The molecule has 0 radical (unpaired) electrons. The summed E-state index contributed by atoms with van der Waals surface area (Å²) >= 11 is 0. The van der Waals surface area contributed by atoms with E-state index in [2.05, 4.69) is 53.2 Å². The lowest BCUT2D eigenvalue weighted by molar-refractivity contribution is 0.209. The molecule has 0 amide bonds. The van der Waals surface area contributed by atoms with Crippen LogP contribution < -0.4 is 4.74 Å². The Balaban J connectivity index is 1.48. The van der Waals surface area contributed by atoms with Crippen molar-refractivity contribution in [3.05, 3.63) is 65.5 Å². The molecule has 1 fully saturated rings. The summed E-state index contributed by atoms with van der Waals surface area (Å²) in [4.78, 5) is 7.05.